The molecule has 0 saturated heterocycles. The molecule has 0 bridgehead atoms. The van der Waals surface area contributed by atoms with Crippen molar-refractivity contribution in [1.82, 2.24) is 4.72 Å². The Morgan fingerprint density at radius 1 is 1.00 bits per heavy atom. The molecule has 0 spiro atoms. The van der Waals surface area contributed by atoms with Crippen molar-refractivity contribution in [2.24, 2.45) is 4.40 Å². The van der Waals surface area contributed by atoms with E-state index in [1.54, 1.807) is 37.5 Å². The predicted octanol–water partition coefficient (Wildman–Crippen LogP) is 3.63. The summed E-state index contributed by atoms with van der Waals surface area (Å²) in [6.45, 7) is 0. The summed E-state index contributed by atoms with van der Waals surface area (Å²) >= 11 is 0. The van der Waals surface area contributed by atoms with Gasteiger partial charge in [0.25, 0.3) is 0 Å². The lowest BCUT2D eigenvalue weighted by Crippen LogP contribution is -2.30. The monoisotopic (exact) mass is 393 g/mol. The van der Waals surface area contributed by atoms with Crippen LogP contribution in [0.2, 0.25) is 0 Å². The van der Waals surface area contributed by atoms with Crippen molar-refractivity contribution in [2.45, 2.75) is 6.42 Å². The van der Waals surface area contributed by atoms with Gasteiger partial charge in [0.2, 0.25) is 0 Å². The van der Waals surface area contributed by atoms with Crippen LogP contribution in [0.5, 0.6) is 5.75 Å². The van der Waals surface area contributed by atoms with Gasteiger partial charge in [0, 0.05) is 23.9 Å². The lowest BCUT2D eigenvalue weighted by atomic mass is 10.0. The van der Waals surface area contributed by atoms with E-state index in [4.69, 9.17) is 4.74 Å². The standard InChI is InChI=1S/C21H19N3O3S/c1-27-19-11-9-17(10-12-19)22-21-14-18(23-28(25,26)24-21)13-16-7-4-6-15-5-2-3-8-20(15)16/h2-12,14,23H,13H2,1H3,(H,22,24). The van der Waals surface area contributed by atoms with Crippen LogP contribution in [0.4, 0.5) is 5.69 Å². The van der Waals surface area contributed by atoms with Gasteiger partial charge in [-0.15, -0.1) is 4.40 Å². The molecule has 0 fully saturated rings. The van der Waals surface area contributed by atoms with Crippen LogP contribution >= 0.6 is 0 Å². The number of hydrogen-bond acceptors (Lipinski definition) is 4. The van der Waals surface area contributed by atoms with E-state index in [0.29, 0.717) is 12.1 Å². The summed E-state index contributed by atoms with van der Waals surface area (Å²) in [5, 5.41) is 5.25. The fourth-order valence-electron chi connectivity index (χ4n) is 3.16. The number of nitrogens with zero attached hydrogens (tertiary/aromatic N) is 1. The molecule has 0 atom stereocenters. The van der Waals surface area contributed by atoms with Gasteiger partial charge >= 0.3 is 10.2 Å². The number of fused-ring (bicyclic) bond motifs is 1. The van der Waals surface area contributed by atoms with E-state index in [9.17, 15) is 8.42 Å². The van der Waals surface area contributed by atoms with E-state index in [0.717, 1.165) is 27.8 Å². The first-order chi connectivity index (χ1) is 13.5. The number of amidine groups is 1. The van der Waals surface area contributed by atoms with Gasteiger partial charge in [-0.1, -0.05) is 42.5 Å². The molecule has 2 N–H and O–H groups in total. The average Bonchev–Trinajstić information content (AvgIpc) is 2.68. The maximum atomic E-state index is 12.2. The molecule has 0 saturated carbocycles. The molecule has 1 aliphatic heterocycles. The molecule has 1 aliphatic rings. The lowest BCUT2D eigenvalue weighted by molar-refractivity contribution is 0.415. The van der Waals surface area contributed by atoms with Crippen LogP contribution in [0.1, 0.15) is 5.56 Å². The van der Waals surface area contributed by atoms with E-state index >= 15 is 0 Å². The quantitative estimate of drug-likeness (QED) is 0.709. The fourth-order valence-corrected chi connectivity index (χ4v) is 4.02. The van der Waals surface area contributed by atoms with Gasteiger partial charge in [-0.2, -0.15) is 8.42 Å². The maximum absolute atomic E-state index is 12.2. The van der Waals surface area contributed by atoms with Crippen molar-refractivity contribution < 1.29 is 13.2 Å². The number of ether oxygens (including phenoxy) is 1. The number of anilines is 1. The van der Waals surface area contributed by atoms with Gasteiger partial charge < -0.3 is 10.1 Å². The second-order valence-corrected chi connectivity index (χ2v) is 7.73. The Labute approximate surface area is 163 Å². The zero-order valence-electron chi connectivity index (χ0n) is 15.2. The third-order valence-electron chi connectivity index (χ3n) is 4.41. The Morgan fingerprint density at radius 2 is 1.75 bits per heavy atom. The summed E-state index contributed by atoms with van der Waals surface area (Å²) in [4.78, 5) is 0. The van der Waals surface area contributed by atoms with Crippen molar-refractivity contribution in [3.63, 3.8) is 0 Å². The van der Waals surface area contributed by atoms with E-state index in [-0.39, 0.29) is 5.84 Å². The normalized spacial score (nSPS) is 15.3. The summed E-state index contributed by atoms with van der Waals surface area (Å²) in [5.41, 5.74) is 2.32. The Morgan fingerprint density at radius 3 is 2.54 bits per heavy atom. The van der Waals surface area contributed by atoms with Crippen LogP contribution in [0, 0.1) is 0 Å². The van der Waals surface area contributed by atoms with Gasteiger partial charge in [0.05, 0.1) is 7.11 Å². The van der Waals surface area contributed by atoms with Crippen LogP contribution in [0.25, 0.3) is 10.8 Å². The highest BCUT2D eigenvalue weighted by Crippen LogP contribution is 2.22. The molecular formula is C21H19N3O3S. The number of benzene rings is 3. The van der Waals surface area contributed by atoms with E-state index in [2.05, 4.69) is 14.4 Å². The molecule has 4 rings (SSSR count). The molecule has 0 radical (unpaired) electrons. The topological polar surface area (TPSA) is 79.8 Å². The number of hydrogen-bond donors (Lipinski definition) is 2. The molecule has 0 unspecified atom stereocenters. The Kier molecular flexibility index (Phi) is 4.75. The fraction of sp³-hybridized carbons (Fsp3) is 0.0952. The number of methoxy groups -OCH3 is 1. The van der Waals surface area contributed by atoms with E-state index in [1.807, 2.05) is 42.5 Å². The highest BCUT2D eigenvalue weighted by atomic mass is 32.2. The summed E-state index contributed by atoms with van der Waals surface area (Å²) in [7, 11) is -2.21. The van der Waals surface area contributed by atoms with E-state index in [1.165, 1.54) is 0 Å². The molecule has 142 valence electrons. The highest BCUT2D eigenvalue weighted by molar-refractivity contribution is 7.88. The second kappa shape index (κ2) is 7.36. The summed E-state index contributed by atoms with van der Waals surface area (Å²) in [6.07, 6.45) is 2.16. The zero-order valence-corrected chi connectivity index (χ0v) is 16.0. The van der Waals surface area contributed by atoms with Crippen LogP contribution in [-0.2, 0) is 16.6 Å². The van der Waals surface area contributed by atoms with Gasteiger partial charge in [0.15, 0.2) is 0 Å². The Bertz CT molecular complexity index is 1180. The minimum atomic E-state index is -3.80. The predicted molar refractivity (Wildman–Crippen MR) is 112 cm³/mol. The molecule has 6 nitrogen and oxygen atoms in total. The smallest absolute Gasteiger partial charge is 0.343 e. The molecule has 0 aromatic heterocycles. The summed E-state index contributed by atoms with van der Waals surface area (Å²) in [6, 6.07) is 21.2. The minimum Gasteiger partial charge on any atom is -0.497 e. The van der Waals surface area contributed by atoms with Crippen molar-refractivity contribution in [2.75, 3.05) is 12.4 Å². The number of allylic oxidation sites excluding steroid dienone is 1. The Balaban J connectivity index is 1.62. The molecule has 28 heavy (non-hydrogen) atoms. The van der Waals surface area contributed by atoms with Gasteiger partial charge in [-0.25, -0.2) is 0 Å². The van der Waals surface area contributed by atoms with Crippen molar-refractivity contribution in [1.29, 1.82) is 0 Å². The maximum Gasteiger partial charge on any atom is 0.343 e. The molecule has 0 amide bonds. The first-order valence-corrected chi connectivity index (χ1v) is 10.2. The van der Waals surface area contributed by atoms with Crippen LogP contribution in [0.3, 0.4) is 0 Å². The average molecular weight is 393 g/mol. The molecule has 3 aromatic carbocycles. The van der Waals surface area contributed by atoms with Crippen molar-refractivity contribution in [3.8, 4) is 5.75 Å². The molecule has 1 heterocycles. The molecule has 3 aromatic rings. The Hall–Kier alpha value is -3.32. The summed E-state index contributed by atoms with van der Waals surface area (Å²) < 4.78 is 35.9. The molecule has 0 aliphatic carbocycles. The van der Waals surface area contributed by atoms with Crippen LogP contribution in [0.15, 0.2) is 82.9 Å². The lowest BCUT2D eigenvalue weighted by Gasteiger charge is -2.17. The minimum absolute atomic E-state index is 0.263. The third-order valence-corrected chi connectivity index (χ3v) is 5.37. The number of nitrogens with one attached hydrogen (secondary N) is 2. The SMILES string of the molecule is COc1ccc(NC2=NS(=O)(=O)NC(Cc3cccc4ccccc34)=C2)cc1. The van der Waals surface area contributed by atoms with Crippen molar-refractivity contribution in [3.05, 3.63) is 84.1 Å². The molecule has 7 heteroatoms. The zero-order chi connectivity index (χ0) is 19.6. The largest absolute Gasteiger partial charge is 0.497 e. The first-order valence-electron chi connectivity index (χ1n) is 8.73. The van der Waals surface area contributed by atoms with E-state index < -0.39 is 10.2 Å². The van der Waals surface area contributed by atoms with Crippen LogP contribution < -0.4 is 14.8 Å². The molecular weight excluding hydrogens is 374 g/mol. The number of rotatable bonds is 4. The van der Waals surface area contributed by atoms with Gasteiger partial charge in [-0.3, -0.25) is 4.72 Å². The second-order valence-electron chi connectivity index (χ2n) is 6.39. The first kappa shape index (κ1) is 18.1. The summed E-state index contributed by atoms with van der Waals surface area (Å²) in [5.74, 6) is 0.983. The van der Waals surface area contributed by atoms with Crippen molar-refractivity contribution >= 4 is 32.5 Å². The third kappa shape index (κ3) is 3.99. The van der Waals surface area contributed by atoms with Gasteiger partial charge in [0.1, 0.15) is 11.6 Å². The van der Waals surface area contributed by atoms with Crippen LogP contribution in [-0.4, -0.2) is 21.4 Å². The highest BCUT2D eigenvalue weighted by Gasteiger charge is 2.19. The van der Waals surface area contributed by atoms with Gasteiger partial charge in [-0.05, 0) is 40.6 Å².